The van der Waals surface area contributed by atoms with Crippen LogP contribution in [-0.4, -0.2) is 50.6 Å². The number of likely N-dealkylation sites (N-methyl/N-ethyl adjacent to an activating group) is 1. The minimum absolute atomic E-state index is 0.00703. The highest BCUT2D eigenvalue weighted by molar-refractivity contribution is 5.98. The zero-order valence-electron chi connectivity index (χ0n) is 14.4. The molecule has 0 spiro atoms. The number of hydrogen-bond acceptors (Lipinski definition) is 5. The van der Waals surface area contributed by atoms with Gasteiger partial charge in [-0.15, -0.1) is 5.10 Å². The lowest BCUT2D eigenvalue weighted by Gasteiger charge is -2.14. The summed E-state index contributed by atoms with van der Waals surface area (Å²) in [5.74, 6) is 1.03. The highest BCUT2D eigenvalue weighted by Crippen LogP contribution is 2.24. The molecule has 25 heavy (non-hydrogen) atoms. The van der Waals surface area contributed by atoms with Gasteiger partial charge in [0, 0.05) is 12.1 Å². The van der Waals surface area contributed by atoms with Crippen LogP contribution in [0.3, 0.4) is 0 Å². The van der Waals surface area contributed by atoms with Crippen molar-refractivity contribution in [3.8, 4) is 16.9 Å². The van der Waals surface area contributed by atoms with Crippen LogP contribution >= 0.6 is 0 Å². The van der Waals surface area contributed by atoms with Crippen molar-refractivity contribution in [1.82, 2.24) is 10.3 Å². The Labute approximate surface area is 147 Å². The van der Waals surface area contributed by atoms with Gasteiger partial charge < -0.3 is 14.4 Å². The van der Waals surface area contributed by atoms with Gasteiger partial charge in [-0.2, -0.15) is 0 Å². The number of carbonyl (C=O) groups is 1. The molecule has 2 aromatic carbocycles. The maximum Gasteiger partial charge on any atom is 0.278 e. The standard InChI is InChI=1S/C19H21N3O3/c1-22(2)10-11-24-17-5-3-4-16(12-17)14-6-8-15(9-7-14)19-21-20-18(23)13-25-19/h3-9,12H,10-11,13H2,1-2H3,(H,20,23). The van der Waals surface area contributed by atoms with Gasteiger partial charge in [-0.1, -0.05) is 24.3 Å². The van der Waals surface area contributed by atoms with Crippen LogP contribution in [0.15, 0.2) is 53.6 Å². The van der Waals surface area contributed by atoms with Crippen molar-refractivity contribution >= 4 is 11.8 Å². The molecule has 0 fully saturated rings. The number of hydrazone groups is 1. The first-order chi connectivity index (χ1) is 12.1. The molecule has 130 valence electrons. The Morgan fingerprint density at radius 2 is 1.88 bits per heavy atom. The molecular weight excluding hydrogens is 318 g/mol. The van der Waals surface area contributed by atoms with Crippen molar-refractivity contribution in [1.29, 1.82) is 0 Å². The third-order valence-corrected chi connectivity index (χ3v) is 3.73. The van der Waals surface area contributed by atoms with Gasteiger partial charge in [0.15, 0.2) is 6.61 Å². The van der Waals surface area contributed by atoms with Crippen molar-refractivity contribution in [2.75, 3.05) is 33.9 Å². The van der Waals surface area contributed by atoms with E-state index in [2.05, 4.69) is 15.4 Å². The number of nitrogens with one attached hydrogen (secondary N) is 1. The van der Waals surface area contributed by atoms with E-state index in [1.807, 2.05) is 62.6 Å². The summed E-state index contributed by atoms with van der Waals surface area (Å²) in [6.07, 6.45) is 0. The Bertz CT molecular complexity index is 770. The zero-order valence-corrected chi connectivity index (χ0v) is 14.4. The van der Waals surface area contributed by atoms with E-state index in [1.54, 1.807) is 0 Å². The first-order valence-corrected chi connectivity index (χ1v) is 8.09. The van der Waals surface area contributed by atoms with E-state index in [1.165, 1.54) is 0 Å². The molecule has 0 saturated carbocycles. The molecule has 1 aliphatic heterocycles. The normalized spacial score (nSPS) is 13.9. The molecule has 0 radical (unpaired) electrons. The van der Waals surface area contributed by atoms with Crippen molar-refractivity contribution < 1.29 is 14.3 Å². The zero-order chi connectivity index (χ0) is 17.6. The fraction of sp³-hybridized carbons (Fsp3) is 0.263. The first-order valence-electron chi connectivity index (χ1n) is 8.09. The monoisotopic (exact) mass is 339 g/mol. The van der Waals surface area contributed by atoms with Crippen molar-refractivity contribution in [2.24, 2.45) is 5.10 Å². The molecule has 0 aliphatic carbocycles. The van der Waals surface area contributed by atoms with Gasteiger partial charge in [0.25, 0.3) is 5.91 Å². The summed E-state index contributed by atoms with van der Waals surface area (Å²) in [6.45, 7) is 1.52. The van der Waals surface area contributed by atoms with Crippen LogP contribution in [0.2, 0.25) is 0 Å². The Balaban J connectivity index is 1.71. The molecule has 2 aromatic rings. The topological polar surface area (TPSA) is 63.2 Å². The molecule has 6 heteroatoms. The average Bonchev–Trinajstić information content (AvgIpc) is 2.62. The lowest BCUT2D eigenvalue weighted by Crippen LogP contribution is -2.32. The highest BCUT2D eigenvalue weighted by Gasteiger charge is 2.14. The number of rotatable bonds is 6. The van der Waals surface area contributed by atoms with Crippen LogP contribution in [-0.2, 0) is 9.53 Å². The minimum atomic E-state index is -0.244. The lowest BCUT2D eigenvalue weighted by molar-refractivity contribution is -0.124. The predicted octanol–water partition coefficient (Wildman–Crippen LogP) is 2.10. The van der Waals surface area contributed by atoms with E-state index in [-0.39, 0.29) is 12.5 Å². The molecule has 1 heterocycles. The summed E-state index contributed by atoms with van der Waals surface area (Å²) in [5, 5.41) is 3.92. The molecule has 1 N–H and O–H groups in total. The van der Waals surface area contributed by atoms with Gasteiger partial charge in [-0.25, -0.2) is 5.43 Å². The highest BCUT2D eigenvalue weighted by atomic mass is 16.5. The second-order valence-corrected chi connectivity index (χ2v) is 6.00. The Morgan fingerprint density at radius 3 is 2.56 bits per heavy atom. The number of ether oxygens (including phenoxy) is 2. The van der Waals surface area contributed by atoms with Gasteiger partial charge in [0.05, 0.1) is 0 Å². The molecule has 1 aliphatic rings. The summed E-state index contributed by atoms with van der Waals surface area (Å²) >= 11 is 0. The summed E-state index contributed by atoms with van der Waals surface area (Å²) in [7, 11) is 4.04. The smallest absolute Gasteiger partial charge is 0.278 e. The predicted molar refractivity (Wildman–Crippen MR) is 96.6 cm³/mol. The third-order valence-electron chi connectivity index (χ3n) is 3.73. The van der Waals surface area contributed by atoms with Crippen molar-refractivity contribution in [2.45, 2.75) is 0 Å². The van der Waals surface area contributed by atoms with Gasteiger partial charge in [0.2, 0.25) is 5.90 Å². The molecule has 6 nitrogen and oxygen atoms in total. The molecule has 0 atom stereocenters. The van der Waals surface area contributed by atoms with E-state index in [0.717, 1.165) is 29.0 Å². The maximum atomic E-state index is 11.1. The minimum Gasteiger partial charge on any atom is -0.492 e. The summed E-state index contributed by atoms with van der Waals surface area (Å²) in [5.41, 5.74) is 5.39. The van der Waals surface area contributed by atoms with Crippen LogP contribution in [0.5, 0.6) is 5.75 Å². The molecule has 0 bridgehead atoms. The Hall–Kier alpha value is -2.86. The van der Waals surface area contributed by atoms with Crippen molar-refractivity contribution in [3.63, 3.8) is 0 Å². The van der Waals surface area contributed by atoms with E-state index < -0.39 is 0 Å². The number of hydrogen-bond donors (Lipinski definition) is 1. The van der Waals surface area contributed by atoms with Gasteiger partial charge in [0.1, 0.15) is 12.4 Å². The van der Waals surface area contributed by atoms with E-state index in [9.17, 15) is 4.79 Å². The molecule has 0 aromatic heterocycles. The van der Waals surface area contributed by atoms with Crippen molar-refractivity contribution in [3.05, 3.63) is 54.1 Å². The molecule has 3 rings (SSSR count). The van der Waals surface area contributed by atoms with Gasteiger partial charge in [-0.3, -0.25) is 4.79 Å². The number of benzene rings is 2. The number of nitrogens with zero attached hydrogens (tertiary/aromatic N) is 2. The van der Waals surface area contributed by atoms with Gasteiger partial charge >= 0.3 is 0 Å². The van der Waals surface area contributed by atoms with Crippen LogP contribution < -0.4 is 10.2 Å². The lowest BCUT2D eigenvalue weighted by atomic mass is 10.0. The van der Waals surface area contributed by atoms with E-state index in [0.29, 0.717) is 12.5 Å². The van der Waals surface area contributed by atoms with Crippen LogP contribution in [0.4, 0.5) is 0 Å². The third kappa shape index (κ3) is 4.58. The molecule has 1 amide bonds. The first kappa shape index (κ1) is 17.0. The average molecular weight is 339 g/mol. The van der Waals surface area contributed by atoms with Crippen LogP contribution in [0.1, 0.15) is 5.56 Å². The van der Waals surface area contributed by atoms with Gasteiger partial charge in [-0.05, 0) is 49.5 Å². The van der Waals surface area contributed by atoms with Crippen LogP contribution in [0, 0.1) is 0 Å². The quantitative estimate of drug-likeness (QED) is 0.875. The fourth-order valence-corrected chi connectivity index (χ4v) is 2.38. The summed E-state index contributed by atoms with van der Waals surface area (Å²) < 4.78 is 11.1. The Morgan fingerprint density at radius 1 is 1.12 bits per heavy atom. The SMILES string of the molecule is CN(C)CCOc1cccc(-c2ccc(C3=NNC(=O)CO3)cc2)c1. The Kier molecular flexibility index (Phi) is 5.30. The van der Waals surface area contributed by atoms with Crippen LogP contribution in [0.25, 0.3) is 11.1 Å². The number of amides is 1. The number of carbonyl (C=O) groups excluding carboxylic acids is 1. The molecule has 0 saturated heterocycles. The van der Waals surface area contributed by atoms with E-state index >= 15 is 0 Å². The molecule has 0 unspecified atom stereocenters. The maximum absolute atomic E-state index is 11.1. The summed E-state index contributed by atoms with van der Waals surface area (Å²) in [4.78, 5) is 13.1. The van der Waals surface area contributed by atoms with E-state index in [4.69, 9.17) is 9.47 Å². The fourth-order valence-electron chi connectivity index (χ4n) is 2.38. The second-order valence-electron chi connectivity index (χ2n) is 6.00. The summed E-state index contributed by atoms with van der Waals surface area (Å²) in [6, 6.07) is 15.9. The molecular formula is C19H21N3O3. The second kappa shape index (κ2) is 7.81. The largest absolute Gasteiger partial charge is 0.492 e.